The van der Waals surface area contributed by atoms with Gasteiger partial charge in [-0.2, -0.15) is 0 Å². The van der Waals surface area contributed by atoms with Crippen LogP contribution >= 0.6 is 0 Å². The van der Waals surface area contributed by atoms with E-state index < -0.39 is 0 Å². The number of aromatic nitrogens is 4. The van der Waals surface area contributed by atoms with Gasteiger partial charge in [-0.3, -0.25) is 4.98 Å². The molecule has 4 nitrogen and oxygen atoms in total. The lowest BCUT2D eigenvalue weighted by Crippen LogP contribution is -2.03. The van der Waals surface area contributed by atoms with E-state index in [2.05, 4.69) is 26.7 Å². The van der Waals surface area contributed by atoms with Gasteiger partial charge in [-0.25, -0.2) is 9.97 Å². The average molecular weight is 286 g/mol. The molecule has 0 bridgehead atoms. The molecule has 22 heavy (non-hydrogen) atoms. The summed E-state index contributed by atoms with van der Waals surface area (Å²) in [5.41, 5.74) is 4.01. The maximum Gasteiger partial charge on any atom is 0.160 e. The first-order chi connectivity index (χ1) is 10.9. The third-order valence-electron chi connectivity index (χ3n) is 3.61. The van der Waals surface area contributed by atoms with Gasteiger partial charge in [0.05, 0.1) is 6.54 Å². The van der Waals surface area contributed by atoms with E-state index in [1.54, 1.807) is 12.4 Å². The molecule has 3 heterocycles. The minimum Gasteiger partial charge on any atom is -0.304 e. The van der Waals surface area contributed by atoms with Gasteiger partial charge in [0.2, 0.25) is 0 Å². The normalized spacial score (nSPS) is 10.9. The molecule has 0 saturated carbocycles. The zero-order chi connectivity index (χ0) is 14.8. The Morgan fingerprint density at radius 2 is 1.73 bits per heavy atom. The van der Waals surface area contributed by atoms with Crippen LogP contribution in [0.1, 0.15) is 5.56 Å². The highest BCUT2D eigenvalue weighted by molar-refractivity contribution is 5.77. The van der Waals surface area contributed by atoms with Crippen LogP contribution in [0, 0.1) is 0 Å². The molecule has 0 aliphatic heterocycles. The van der Waals surface area contributed by atoms with E-state index in [1.165, 1.54) is 5.56 Å². The Labute approximate surface area is 128 Å². The van der Waals surface area contributed by atoms with Crippen LogP contribution in [0.5, 0.6) is 0 Å². The first-order valence-electron chi connectivity index (χ1n) is 7.17. The van der Waals surface area contributed by atoms with E-state index in [0.29, 0.717) is 0 Å². The van der Waals surface area contributed by atoms with Crippen molar-refractivity contribution in [2.45, 2.75) is 6.54 Å². The summed E-state index contributed by atoms with van der Waals surface area (Å²) in [6.45, 7) is 0.735. The van der Waals surface area contributed by atoms with Crippen molar-refractivity contribution in [2.24, 2.45) is 0 Å². The van der Waals surface area contributed by atoms with E-state index >= 15 is 0 Å². The maximum atomic E-state index is 4.74. The molecule has 3 aromatic heterocycles. The monoisotopic (exact) mass is 286 g/mol. The van der Waals surface area contributed by atoms with Crippen LogP contribution in [0.2, 0.25) is 0 Å². The highest BCUT2D eigenvalue weighted by atomic mass is 15.1. The second-order valence-electron chi connectivity index (χ2n) is 5.09. The summed E-state index contributed by atoms with van der Waals surface area (Å²) >= 11 is 0. The van der Waals surface area contributed by atoms with Crippen molar-refractivity contribution in [2.75, 3.05) is 0 Å². The van der Waals surface area contributed by atoms with Gasteiger partial charge >= 0.3 is 0 Å². The fourth-order valence-corrected chi connectivity index (χ4v) is 2.59. The molecule has 0 radical (unpaired) electrons. The lowest BCUT2D eigenvalue weighted by Gasteiger charge is -2.08. The van der Waals surface area contributed by atoms with Crippen molar-refractivity contribution in [1.82, 2.24) is 19.5 Å². The predicted molar refractivity (Wildman–Crippen MR) is 86.3 cm³/mol. The number of rotatable bonds is 3. The molecule has 0 spiro atoms. The third-order valence-corrected chi connectivity index (χ3v) is 3.61. The molecular formula is C18H14N4. The van der Waals surface area contributed by atoms with Crippen LogP contribution in [-0.4, -0.2) is 19.5 Å². The fourth-order valence-electron chi connectivity index (χ4n) is 2.59. The van der Waals surface area contributed by atoms with Gasteiger partial charge in [0.25, 0.3) is 0 Å². The highest BCUT2D eigenvalue weighted by Gasteiger charge is 2.13. The first kappa shape index (κ1) is 12.7. The van der Waals surface area contributed by atoms with E-state index in [1.807, 2.05) is 48.7 Å². The fraction of sp³-hybridized carbons (Fsp3) is 0.0556. The van der Waals surface area contributed by atoms with Gasteiger partial charge in [-0.15, -0.1) is 0 Å². The summed E-state index contributed by atoms with van der Waals surface area (Å²) in [5, 5.41) is 0. The maximum absolute atomic E-state index is 4.74. The Hall–Kier alpha value is -3.01. The predicted octanol–water partition coefficient (Wildman–Crippen LogP) is 3.54. The first-order valence-corrected chi connectivity index (χ1v) is 7.17. The molecule has 0 saturated heterocycles. The van der Waals surface area contributed by atoms with Crippen molar-refractivity contribution in [1.29, 1.82) is 0 Å². The molecule has 106 valence electrons. The van der Waals surface area contributed by atoms with Crippen LogP contribution in [0.4, 0.5) is 0 Å². The Bertz CT molecular complexity index is 898. The standard InChI is InChI=1S/C18H14N4/c1-2-6-14(7-3-1)13-22-17(15-8-4-10-19-12-15)21-16-9-5-11-20-18(16)22/h1-12H,13H2. The molecule has 0 unspecified atom stereocenters. The van der Waals surface area contributed by atoms with Crippen molar-refractivity contribution >= 4 is 11.2 Å². The Kier molecular flexibility index (Phi) is 3.12. The number of pyridine rings is 2. The summed E-state index contributed by atoms with van der Waals surface area (Å²) in [6, 6.07) is 18.2. The van der Waals surface area contributed by atoms with Crippen LogP contribution in [0.3, 0.4) is 0 Å². The molecule has 4 heteroatoms. The number of fused-ring (bicyclic) bond motifs is 1. The van der Waals surface area contributed by atoms with Gasteiger partial charge in [0.15, 0.2) is 5.65 Å². The van der Waals surface area contributed by atoms with Gasteiger partial charge in [0, 0.05) is 24.2 Å². The van der Waals surface area contributed by atoms with E-state index in [9.17, 15) is 0 Å². The van der Waals surface area contributed by atoms with Crippen LogP contribution in [-0.2, 0) is 6.54 Å². The molecule has 1 aromatic carbocycles. The molecule has 4 aromatic rings. The molecular weight excluding hydrogens is 272 g/mol. The van der Waals surface area contributed by atoms with Gasteiger partial charge in [0.1, 0.15) is 11.3 Å². The number of hydrogen-bond donors (Lipinski definition) is 0. The van der Waals surface area contributed by atoms with E-state index in [4.69, 9.17) is 4.98 Å². The van der Waals surface area contributed by atoms with E-state index in [-0.39, 0.29) is 0 Å². The van der Waals surface area contributed by atoms with Crippen LogP contribution < -0.4 is 0 Å². The molecule has 0 fully saturated rings. The van der Waals surface area contributed by atoms with E-state index in [0.717, 1.165) is 29.1 Å². The Balaban J connectivity index is 1.91. The van der Waals surface area contributed by atoms with Crippen molar-refractivity contribution in [3.8, 4) is 11.4 Å². The van der Waals surface area contributed by atoms with Crippen molar-refractivity contribution in [3.05, 3.63) is 78.8 Å². The van der Waals surface area contributed by atoms with Gasteiger partial charge < -0.3 is 4.57 Å². The Morgan fingerprint density at radius 1 is 0.864 bits per heavy atom. The second-order valence-corrected chi connectivity index (χ2v) is 5.09. The van der Waals surface area contributed by atoms with Gasteiger partial charge in [-0.1, -0.05) is 30.3 Å². The summed E-state index contributed by atoms with van der Waals surface area (Å²) in [4.78, 5) is 13.4. The van der Waals surface area contributed by atoms with Crippen molar-refractivity contribution in [3.63, 3.8) is 0 Å². The minimum absolute atomic E-state index is 0.735. The van der Waals surface area contributed by atoms with Gasteiger partial charge in [-0.05, 0) is 29.8 Å². The second kappa shape index (κ2) is 5.41. The highest BCUT2D eigenvalue weighted by Crippen LogP contribution is 2.23. The van der Waals surface area contributed by atoms with Crippen LogP contribution in [0.15, 0.2) is 73.2 Å². The average Bonchev–Trinajstić information content (AvgIpc) is 2.95. The summed E-state index contributed by atoms with van der Waals surface area (Å²) in [5.74, 6) is 0.894. The summed E-state index contributed by atoms with van der Waals surface area (Å²) in [6.07, 6.45) is 5.41. The number of benzene rings is 1. The molecule has 0 aliphatic rings. The van der Waals surface area contributed by atoms with Crippen LogP contribution in [0.25, 0.3) is 22.6 Å². The Morgan fingerprint density at radius 3 is 2.55 bits per heavy atom. The smallest absolute Gasteiger partial charge is 0.160 e. The summed E-state index contributed by atoms with van der Waals surface area (Å²) in [7, 11) is 0. The lowest BCUT2D eigenvalue weighted by molar-refractivity contribution is 0.823. The lowest BCUT2D eigenvalue weighted by atomic mass is 10.2. The number of hydrogen-bond acceptors (Lipinski definition) is 3. The largest absolute Gasteiger partial charge is 0.304 e. The SMILES string of the molecule is c1ccc(Cn2c(-c3cccnc3)nc3cccnc32)cc1. The molecule has 0 aliphatic carbocycles. The minimum atomic E-state index is 0.735. The van der Waals surface area contributed by atoms with Crippen molar-refractivity contribution < 1.29 is 0 Å². The topological polar surface area (TPSA) is 43.6 Å². The molecule has 4 rings (SSSR count). The third kappa shape index (κ3) is 2.24. The quantitative estimate of drug-likeness (QED) is 0.578. The summed E-state index contributed by atoms with van der Waals surface area (Å²) < 4.78 is 2.14. The molecule has 0 atom stereocenters. The number of imidazole rings is 1. The molecule has 0 amide bonds. The zero-order valence-electron chi connectivity index (χ0n) is 11.9. The number of nitrogens with zero attached hydrogens (tertiary/aromatic N) is 4. The molecule has 0 N–H and O–H groups in total. The zero-order valence-corrected chi connectivity index (χ0v) is 11.9.